The highest BCUT2D eigenvalue weighted by atomic mass is 32.1. The highest BCUT2D eigenvalue weighted by Gasteiger charge is 2.35. The molecule has 2 aromatic heterocycles. The smallest absolute Gasteiger partial charge is 0.264 e. The second kappa shape index (κ2) is 9.30. The fourth-order valence-electron chi connectivity index (χ4n) is 3.50. The van der Waals surface area contributed by atoms with E-state index < -0.39 is 0 Å². The van der Waals surface area contributed by atoms with Crippen LogP contribution in [-0.2, 0) is 17.8 Å². The van der Waals surface area contributed by atoms with Gasteiger partial charge in [-0.15, -0.1) is 11.3 Å². The molecule has 0 unspecified atom stereocenters. The lowest BCUT2D eigenvalue weighted by atomic mass is 10.1. The van der Waals surface area contributed by atoms with E-state index in [0.717, 1.165) is 30.8 Å². The minimum Gasteiger partial charge on any atom is -0.464 e. The lowest BCUT2D eigenvalue weighted by Crippen LogP contribution is -2.44. The van der Waals surface area contributed by atoms with E-state index in [2.05, 4.69) is 12.1 Å². The van der Waals surface area contributed by atoms with Crippen molar-refractivity contribution in [1.82, 2.24) is 9.80 Å². The Morgan fingerprint density at radius 2 is 1.87 bits per heavy atom. The molecule has 0 saturated heterocycles. The van der Waals surface area contributed by atoms with Crippen molar-refractivity contribution < 1.29 is 14.0 Å². The predicted molar refractivity (Wildman–Crippen MR) is 117 cm³/mol. The number of carbonyl (C=O) groups is 2. The maximum absolute atomic E-state index is 13.3. The molecule has 5 nitrogen and oxygen atoms in total. The summed E-state index contributed by atoms with van der Waals surface area (Å²) in [6.07, 6.45) is 2.69. The third-order valence-corrected chi connectivity index (χ3v) is 6.15. The molecular formula is C24H26N2O3S. The van der Waals surface area contributed by atoms with Crippen LogP contribution < -0.4 is 0 Å². The molecule has 0 aliphatic heterocycles. The Morgan fingerprint density at radius 1 is 1.07 bits per heavy atom. The number of amides is 2. The number of benzene rings is 1. The first-order valence-electron chi connectivity index (χ1n) is 10.3. The first kappa shape index (κ1) is 20.4. The maximum atomic E-state index is 13.3. The van der Waals surface area contributed by atoms with Gasteiger partial charge in [-0.05, 0) is 55.3 Å². The van der Waals surface area contributed by atoms with Crippen LogP contribution in [0.2, 0.25) is 0 Å². The zero-order valence-electron chi connectivity index (χ0n) is 17.1. The van der Waals surface area contributed by atoms with Crippen LogP contribution >= 0.6 is 11.3 Å². The number of hydrogen-bond acceptors (Lipinski definition) is 4. The second-order valence-corrected chi connectivity index (χ2v) is 8.65. The lowest BCUT2D eigenvalue weighted by Gasteiger charge is -2.27. The molecule has 0 N–H and O–H groups in total. The van der Waals surface area contributed by atoms with E-state index >= 15 is 0 Å². The Labute approximate surface area is 180 Å². The largest absolute Gasteiger partial charge is 0.464 e. The van der Waals surface area contributed by atoms with Crippen LogP contribution in [0.15, 0.2) is 64.4 Å². The van der Waals surface area contributed by atoms with Gasteiger partial charge < -0.3 is 14.2 Å². The normalized spacial score (nSPS) is 13.2. The molecule has 4 rings (SSSR count). The van der Waals surface area contributed by atoms with Gasteiger partial charge in [-0.3, -0.25) is 9.59 Å². The molecule has 6 heteroatoms. The van der Waals surface area contributed by atoms with Crippen LogP contribution in [0.3, 0.4) is 0 Å². The van der Waals surface area contributed by atoms with E-state index in [1.54, 1.807) is 4.90 Å². The Balaban J connectivity index is 1.47. The van der Waals surface area contributed by atoms with Crippen molar-refractivity contribution in [2.75, 3.05) is 13.1 Å². The number of hydrogen-bond donors (Lipinski definition) is 0. The van der Waals surface area contributed by atoms with Gasteiger partial charge in [-0.2, -0.15) is 0 Å². The summed E-state index contributed by atoms with van der Waals surface area (Å²) in [5.41, 5.74) is 1.18. The number of carbonyl (C=O) groups excluding carboxylic acids is 2. The average molecular weight is 423 g/mol. The van der Waals surface area contributed by atoms with E-state index in [0.29, 0.717) is 18.0 Å². The van der Waals surface area contributed by atoms with Crippen LogP contribution in [0.5, 0.6) is 0 Å². The molecule has 1 fully saturated rings. The van der Waals surface area contributed by atoms with E-state index in [1.807, 2.05) is 59.7 Å². The number of rotatable bonds is 9. The number of aryl methyl sites for hydroxylation is 1. The van der Waals surface area contributed by atoms with E-state index in [-0.39, 0.29) is 24.4 Å². The Morgan fingerprint density at radius 3 is 2.50 bits per heavy atom. The molecule has 30 heavy (non-hydrogen) atoms. The second-order valence-electron chi connectivity index (χ2n) is 7.70. The van der Waals surface area contributed by atoms with Gasteiger partial charge in [0.25, 0.3) is 5.91 Å². The molecule has 2 heterocycles. The quantitative estimate of drug-likeness (QED) is 0.509. The summed E-state index contributed by atoms with van der Waals surface area (Å²) >= 11 is 1.42. The van der Waals surface area contributed by atoms with E-state index in [1.165, 1.54) is 16.9 Å². The molecule has 3 aromatic rings. The van der Waals surface area contributed by atoms with Crippen molar-refractivity contribution in [3.63, 3.8) is 0 Å². The summed E-state index contributed by atoms with van der Waals surface area (Å²) in [7, 11) is 0. The summed E-state index contributed by atoms with van der Waals surface area (Å²) in [5.74, 6) is 1.50. The molecule has 1 aliphatic carbocycles. The lowest BCUT2D eigenvalue weighted by molar-refractivity contribution is -0.132. The topological polar surface area (TPSA) is 53.8 Å². The molecule has 156 valence electrons. The number of furan rings is 1. The standard InChI is InChI=1S/C24H26N2O3S/c1-18-9-12-21(29-18)16-25(14-13-19-6-3-2-4-7-19)23(27)17-26(20-10-11-20)24(28)22-8-5-15-30-22/h2-9,12,15,20H,10-11,13-14,16-17H2,1H3. The van der Waals surface area contributed by atoms with Gasteiger partial charge in [-0.25, -0.2) is 0 Å². The molecule has 1 aliphatic rings. The summed E-state index contributed by atoms with van der Waals surface area (Å²) in [6.45, 7) is 2.99. The summed E-state index contributed by atoms with van der Waals surface area (Å²) in [5, 5.41) is 1.89. The van der Waals surface area contributed by atoms with Gasteiger partial charge in [0.05, 0.1) is 11.4 Å². The Hall–Kier alpha value is -2.86. The highest BCUT2D eigenvalue weighted by molar-refractivity contribution is 7.12. The predicted octanol–water partition coefficient (Wildman–Crippen LogP) is 4.53. The van der Waals surface area contributed by atoms with E-state index in [9.17, 15) is 9.59 Å². The minimum absolute atomic E-state index is 0.0438. The van der Waals surface area contributed by atoms with E-state index in [4.69, 9.17) is 4.42 Å². The van der Waals surface area contributed by atoms with Crippen LogP contribution in [0.4, 0.5) is 0 Å². The summed E-state index contributed by atoms with van der Waals surface area (Å²) in [6, 6.07) is 17.8. The van der Waals surface area contributed by atoms with Crippen LogP contribution in [0.25, 0.3) is 0 Å². The average Bonchev–Trinajstić information content (AvgIpc) is 3.27. The zero-order chi connectivity index (χ0) is 20.9. The Bertz CT molecular complexity index is 977. The van der Waals surface area contributed by atoms with Crippen LogP contribution in [-0.4, -0.2) is 40.7 Å². The van der Waals surface area contributed by atoms with Gasteiger partial charge >= 0.3 is 0 Å². The van der Waals surface area contributed by atoms with Crippen molar-refractivity contribution in [2.45, 2.75) is 38.8 Å². The Kier molecular flexibility index (Phi) is 6.33. The van der Waals surface area contributed by atoms with Gasteiger partial charge in [0.1, 0.15) is 18.1 Å². The number of nitrogens with zero attached hydrogens (tertiary/aromatic N) is 2. The van der Waals surface area contributed by atoms with Gasteiger partial charge in [0, 0.05) is 12.6 Å². The van der Waals surface area contributed by atoms with Crippen molar-refractivity contribution in [3.05, 3.63) is 81.9 Å². The van der Waals surface area contributed by atoms with Crippen LogP contribution in [0, 0.1) is 6.92 Å². The molecule has 1 saturated carbocycles. The van der Waals surface area contributed by atoms with Gasteiger partial charge in [-0.1, -0.05) is 36.4 Å². The number of thiophene rings is 1. The molecular weight excluding hydrogens is 396 g/mol. The fraction of sp³-hybridized carbons (Fsp3) is 0.333. The first-order valence-corrected chi connectivity index (χ1v) is 11.2. The van der Waals surface area contributed by atoms with Gasteiger partial charge in [0.15, 0.2) is 0 Å². The third-order valence-electron chi connectivity index (χ3n) is 5.29. The van der Waals surface area contributed by atoms with Crippen LogP contribution in [0.1, 0.15) is 39.6 Å². The molecule has 0 atom stereocenters. The molecule has 1 aromatic carbocycles. The molecule has 0 radical (unpaired) electrons. The van der Waals surface area contributed by atoms with Crippen molar-refractivity contribution in [1.29, 1.82) is 0 Å². The molecule has 2 amide bonds. The molecule has 0 bridgehead atoms. The maximum Gasteiger partial charge on any atom is 0.264 e. The third kappa shape index (κ3) is 5.19. The molecule has 0 spiro atoms. The van der Waals surface area contributed by atoms with Gasteiger partial charge in [0.2, 0.25) is 5.91 Å². The fourth-order valence-corrected chi connectivity index (χ4v) is 4.18. The zero-order valence-corrected chi connectivity index (χ0v) is 17.9. The SMILES string of the molecule is Cc1ccc(CN(CCc2ccccc2)C(=O)CN(C(=O)c2cccs2)C2CC2)o1. The summed E-state index contributed by atoms with van der Waals surface area (Å²) in [4.78, 5) is 30.5. The highest BCUT2D eigenvalue weighted by Crippen LogP contribution is 2.29. The van der Waals surface area contributed by atoms with Crippen molar-refractivity contribution in [2.24, 2.45) is 0 Å². The van der Waals surface area contributed by atoms with Crippen molar-refractivity contribution in [3.8, 4) is 0 Å². The monoisotopic (exact) mass is 422 g/mol. The van der Waals surface area contributed by atoms with Crippen molar-refractivity contribution >= 4 is 23.2 Å². The first-order chi connectivity index (χ1) is 14.6. The summed E-state index contributed by atoms with van der Waals surface area (Å²) < 4.78 is 5.71. The minimum atomic E-state index is -0.0446.